The maximum atomic E-state index is 12.8. The molecule has 20 heavy (non-hydrogen) atoms. The number of benzene rings is 1. The molecular weight excluding hydrogens is 289 g/mol. The molecule has 3 rings (SSSR count). The van der Waals surface area contributed by atoms with Gasteiger partial charge in [0, 0.05) is 5.92 Å². The lowest BCUT2D eigenvalue weighted by molar-refractivity contribution is -0.183. The van der Waals surface area contributed by atoms with E-state index in [-0.39, 0.29) is 18.8 Å². The van der Waals surface area contributed by atoms with E-state index in [2.05, 4.69) is 9.97 Å². The van der Waals surface area contributed by atoms with E-state index in [0.717, 1.165) is 11.9 Å². The topological polar surface area (TPSA) is 28.7 Å². The number of aromatic amines is 1. The number of halogens is 4. The van der Waals surface area contributed by atoms with Gasteiger partial charge in [-0.1, -0.05) is 24.1 Å². The molecule has 1 N–H and O–H groups in total. The minimum Gasteiger partial charge on any atom is -0.342 e. The molecule has 2 unspecified atom stereocenters. The Morgan fingerprint density at radius 2 is 2.05 bits per heavy atom. The summed E-state index contributed by atoms with van der Waals surface area (Å²) in [6.45, 7) is 0. The van der Waals surface area contributed by atoms with Gasteiger partial charge < -0.3 is 4.98 Å². The zero-order chi connectivity index (χ0) is 14.3. The van der Waals surface area contributed by atoms with Crippen molar-refractivity contribution in [3.05, 3.63) is 29.0 Å². The van der Waals surface area contributed by atoms with Gasteiger partial charge in [-0.25, -0.2) is 4.98 Å². The minimum atomic E-state index is -4.11. The first-order valence-corrected chi connectivity index (χ1v) is 7.04. The molecule has 1 saturated carbocycles. The smallest absolute Gasteiger partial charge is 0.342 e. The predicted octanol–water partition coefficient (Wildman–Crippen LogP) is 5.05. The Bertz CT molecular complexity index is 620. The van der Waals surface area contributed by atoms with Crippen molar-refractivity contribution in [3.8, 4) is 0 Å². The molecular formula is C14H14ClF3N2. The summed E-state index contributed by atoms with van der Waals surface area (Å²) in [6.07, 6.45) is -2.45. The fourth-order valence-corrected chi connectivity index (χ4v) is 3.16. The molecule has 2 atom stereocenters. The molecule has 1 aromatic heterocycles. The van der Waals surface area contributed by atoms with Crippen molar-refractivity contribution in [2.24, 2.45) is 5.92 Å². The predicted molar refractivity (Wildman–Crippen MR) is 71.9 cm³/mol. The Hall–Kier alpha value is -1.23. The zero-order valence-electron chi connectivity index (χ0n) is 10.7. The number of fused-ring (bicyclic) bond motifs is 1. The van der Waals surface area contributed by atoms with E-state index < -0.39 is 12.1 Å². The van der Waals surface area contributed by atoms with Crippen LogP contribution >= 0.6 is 11.6 Å². The molecule has 0 radical (unpaired) electrons. The van der Waals surface area contributed by atoms with Crippen LogP contribution in [0.15, 0.2) is 18.2 Å². The highest BCUT2D eigenvalue weighted by Gasteiger charge is 2.42. The number of H-pyrrole nitrogens is 1. The van der Waals surface area contributed by atoms with Gasteiger partial charge in [-0.15, -0.1) is 0 Å². The van der Waals surface area contributed by atoms with Gasteiger partial charge in [-0.3, -0.25) is 0 Å². The standard InChI is InChI=1S/C14H14ClF3N2/c15-10-5-2-6-11-12(10)20-13(19-11)8-3-1-4-9(7-8)14(16,17)18/h2,5-6,8-9H,1,3-4,7H2,(H,19,20). The summed E-state index contributed by atoms with van der Waals surface area (Å²) >= 11 is 6.05. The molecule has 1 aliphatic rings. The van der Waals surface area contributed by atoms with Gasteiger partial charge in [0.15, 0.2) is 0 Å². The van der Waals surface area contributed by atoms with Gasteiger partial charge in [-0.05, 0) is 31.4 Å². The van der Waals surface area contributed by atoms with Crippen LogP contribution < -0.4 is 0 Å². The molecule has 1 fully saturated rings. The fourth-order valence-electron chi connectivity index (χ4n) is 2.95. The average Bonchev–Trinajstić information content (AvgIpc) is 2.83. The third kappa shape index (κ3) is 2.51. The molecule has 0 aliphatic heterocycles. The Kier molecular flexibility index (Phi) is 3.40. The van der Waals surface area contributed by atoms with E-state index in [1.54, 1.807) is 12.1 Å². The quantitative estimate of drug-likeness (QED) is 0.784. The Labute approximate surface area is 119 Å². The lowest BCUT2D eigenvalue weighted by atomic mass is 9.80. The summed E-state index contributed by atoms with van der Waals surface area (Å²) in [5.74, 6) is -0.758. The van der Waals surface area contributed by atoms with Gasteiger partial charge in [0.05, 0.1) is 16.5 Å². The van der Waals surface area contributed by atoms with Crippen LogP contribution in [0.25, 0.3) is 11.0 Å². The van der Waals surface area contributed by atoms with Crippen molar-refractivity contribution in [3.63, 3.8) is 0 Å². The molecule has 2 nitrogen and oxygen atoms in total. The molecule has 1 aliphatic carbocycles. The van der Waals surface area contributed by atoms with Gasteiger partial charge in [-0.2, -0.15) is 13.2 Å². The third-order valence-corrected chi connectivity index (χ3v) is 4.31. The number of aromatic nitrogens is 2. The summed E-state index contributed by atoms with van der Waals surface area (Å²) in [5, 5.41) is 0.521. The van der Waals surface area contributed by atoms with Crippen LogP contribution in [-0.2, 0) is 0 Å². The molecule has 1 aromatic carbocycles. The Morgan fingerprint density at radius 3 is 2.75 bits per heavy atom. The van der Waals surface area contributed by atoms with Crippen molar-refractivity contribution in [2.45, 2.75) is 37.8 Å². The van der Waals surface area contributed by atoms with Gasteiger partial charge >= 0.3 is 6.18 Å². The van der Waals surface area contributed by atoms with Crippen molar-refractivity contribution in [1.82, 2.24) is 9.97 Å². The van der Waals surface area contributed by atoms with Gasteiger partial charge in [0.2, 0.25) is 0 Å². The maximum Gasteiger partial charge on any atom is 0.391 e. The van der Waals surface area contributed by atoms with Gasteiger partial charge in [0.1, 0.15) is 11.3 Å². The first-order chi connectivity index (χ1) is 9.45. The molecule has 2 aromatic rings. The number of nitrogens with zero attached hydrogens (tertiary/aromatic N) is 1. The van der Waals surface area contributed by atoms with Crippen LogP contribution in [0.3, 0.4) is 0 Å². The van der Waals surface area contributed by atoms with E-state index in [1.807, 2.05) is 6.07 Å². The van der Waals surface area contributed by atoms with E-state index in [9.17, 15) is 13.2 Å². The second kappa shape index (κ2) is 4.95. The number of hydrogen-bond acceptors (Lipinski definition) is 1. The zero-order valence-corrected chi connectivity index (χ0v) is 11.4. The largest absolute Gasteiger partial charge is 0.391 e. The molecule has 0 amide bonds. The van der Waals surface area contributed by atoms with Crippen LogP contribution in [0.4, 0.5) is 13.2 Å². The normalized spacial score (nSPS) is 24.2. The number of para-hydroxylation sites is 1. The van der Waals surface area contributed by atoms with Crippen LogP contribution in [0, 0.1) is 5.92 Å². The SMILES string of the molecule is FC(F)(F)C1CCCC(c2nc3c(Cl)cccc3[nH]2)C1. The van der Waals surface area contributed by atoms with Gasteiger partial charge in [0.25, 0.3) is 0 Å². The summed E-state index contributed by atoms with van der Waals surface area (Å²) in [6, 6.07) is 5.36. The van der Waals surface area contributed by atoms with E-state index >= 15 is 0 Å². The summed E-state index contributed by atoms with van der Waals surface area (Å²) in [4.78, 5) is 7.51. The summed E-state index contributed by atoms with van der Waals surface area (Å²) in [7, 11) is 0. The molecule has 0 bridgehead atoms. The number of hydrogen-bond donors (Lipinski definition) is 1. The van der Waals surface area contributed by atoms with E-state index in [1.165, 1.54) is 0 Å². The number of imidazole rings is 1. The van der Waals surface area contributed by atoms with Crippen molar-refractivity contribution < 1.29 is 13.2 Å². The molecule has 6 heteroatoms. The minimum absolute atomic E-state index is 0.112. The summed E-state index contributed by atoms with van der Waals surface area (Å²) in [5.41, 5.74) is 1.42. The average molecular weight is 303 g/mol. The van der Waals surface area contributed by atoms with E-state index in [4.69, 9.17) is 11.6 Å². The Morgan fingerprint density at radius 1 is 1.25 bits per heavy atom. The first kappa shape index (κ1) is 13.7. The van der Waals surface area contributed by atoms with E-state index in [0.29, 0.717) is 22.8 Å². The molecule has 1 heterocycles. The fraction of sp³-hybridized carbons (Fsp3) is 0.500. The second-order valence-electron chi connectivity index (χ2n) is 5.36. The monoisotopic (exact) mass is 302 g/mol. The lowest BCUT2D eigenvalue weighted by Crippen LogP contribution is -2.28. The first-order valence-electron chi connectivity index (χ1n) is 6.66. The lowest BCUT2D eigenvalue weighted by Gasteiger charge is -2.29. The maximum absolute atomic E-state index is 12.8. The molecule has 0 spiro atoms. The van der Waals surface area contributed by atoms with Crippen LogP contribution in [-0.4, -0.2) is 16.1 Å². The van der Waals surface area contributed by atoms with Crippen molar-refractivity contribution in [1.29, 1.82) is 0 Å². The number of rotatable bonds is 1. The highest BCUT2D eigenvalue weighted by atomic mass is 35.5. The summed E-state index contributed by atoms with van der Waals surface area (Å²) < 4.78 is 38.5. The third-order valence-electron chi connectivity index (χ3n) is 4.01. The van der Waals surface area contributed by atoms with Crippen LogP contribution in [0.2, 0.25) is 5.02 Å². The van der Waals surface area contributed by atoms with Crippen molar-refractivity contribution in [2.75, 3.05) is 0 Å². The van der Waals surface area contributed by atoms with Crippen LogP contribution in [0.5, 0.6) is 0 Å². The van der Waals surface area contributed by atoms with Crippen molar-refractivity contribution >= 4 is 22.6 Å². The highest BCUT2D eigenvalue weighted by Crippen LogP contribution is 2.43. The molecule has 108 valence electrons. The van der Waals surface area contributed by atoms with Crippen LogP contribution in [0.1, 0.15) is 37.4 Å². The molecule has 0 saturated heterocycles. The highest BCUT2D eigenvalue weighted by molar-refractivity contribution is 6.34. The Balaban J connectivity index is 1.89. The second-order valence-corrected chi connectivity index (χ2v) is 5.77. The number of nitrogens with one attached hydrogen (secondary N) is 1. The number of alkyl halides is 3.